The lowest BCUT2D eigenvalue weighted by atomic mass is 9.84. The monoisotopic (exact) mass is 504 g/mol. The van der Waals surface area contributed by atoms with Crippen molar-refractivity contribution in [1.82, 2.24) is 15.4 Å². The molecule has 0 saturated carbocycles. The number of allylic oxidation sites excluding steroid dienone is 1. The molecule has 36 heavy (non-hydrogen) atoms. The number of nitrogens with two attached hydrogens (primary N) is 1. The molecule has 0 radical (unpaired) electrons. The van der Waals surface area contributed by atoms with Crippen LogP contribution in [-0.4, -0.2) is 39.8 Å². The molecule has 0 bridgehead atoms. The van der Waals surface area contributed by atoms with Gasteiger partial charge in [-0.25, -0.2) is 4.98 Å². The highest BCUT2D eigenvalue weighted by Gasteiger charge is 2.33. The number of pyridine rings is 1. The van der Waals surface area contributed by atoms with Gasteiger partial charge in [0.2, 0.25) is 5.88 Å². The molecule has 8 heteroatoms. The first kappa shape index (κ1) is 24.3. The van der Waals surface area contributed by atoms with Crippen LogP contribution >= 0.6 is 11.6 Å². The van der Waals surface area contributed by atoms with Gasteiger partial charge in [-0.2, -0.15) is 0 Å². The Morgan fingerprint density at radius 3 is 2.67 bits per heavy atom. The maximum atomic E-state index is 11.2. The van der Waals surface area contributed by atoms with E-state index in [4.69, 9.17) is 22.1 Å². The number of rotatable bonds is 5. The third-order valence-corrected chi connectivity index (χ3v) is 7.19. The van der Waals surface area contributed by atoms with Gasteiger partial charge in [0.1, 0.15) is 11.6 Å². The average Bonchev–Trinajstić information content (AvgIpc) is 3.06. The van der Waals surface area contributed by atoms with Gasteiger partial charge < -0.3 is 20.5 Å². The van der Waals surface area contributed by atoms with Crippen molar-refractivity contribution < 1.29 is 15.1 Å². The van der Waals surface area contributed by atoms with Gasteiger partial charge in [0, 0.05) is 46.9 Å². The number of ether oxygens (including phenoxy) is 1. The number of nitrogens with one attached hydrogen (secondary N) is 1. The molecule has 5 N–H and O–H groups in total. The van der Waals surface area contributed by atoms with Crippen molar-refractivity contribution in [2.75, 3.05) is 19.6 Å². The molecule has 0 spiro atoms. The van der Waals surface area contributed by atoms with Crippen molar-refractivity contribution in [3.63, 3.8) is 0 Å². The van der Waals surface area contributed by atoms with Gasteiger partial charge >= 0.3 is 0 Å². The number of hydroxylamine groups is 1. The van der Waals surface area contributed by atoms with Crippen LogP contribution in [0.3, 0.4) is 0 Å². The molecule has 2 aromatic carbocycles. The number of fused-ring (bicyclic) bond motifs is 2. The lowest BCUT2D eigenvalue weighted by Gasteiger charge is -2.38. The molecule has 1 aromatic heterocycles. The van der Waals surface area contributed by atoms with Crippen molar-refractivity contribution in [2.45, 2.75) is 24.9 Å². The predicted octanol–water partition coefficient (Wildman–Crippen LogP) is 3.08. The zero-order valence-corrected chi connectivity index (χ0v) is 20.6. The Morgan fingerprint density at radius 2 is 1.92 bits per heavy atom. The molecule has 3 aromatic rings. The molecule has 2 aliphatic rings. The second-order valence-corrected chi connectivity index (χ2v) is 9.61. The van der Waals surface area contributed by atoms with Crippen LogP contribution in [0.4, 0.5) is 0 Å². The van der Waals surface area contributed by atoms with Crippen LogP contribution in [-0.2, 0) is 5.60 Å². The summed E-state index contributed by atoms with van der Waals surface area (Å²) >= 11 is 6.01. The molecule has 7 nitrogen and oxygen atoms in total. The van der Waals surface area contributed by atoms with Crippen molar-refractivity contribution in [2.24, 2.45) is 5.73 Å². The number of aromatic nitrogens is 1. The van der Waals surface area contributed by atoms with Crippen molar-refractivity contribution in [1.29, 1.82) is 0 Å². The Labute approximate surface area is 214 Å². The molecular weight excluding hydrogens is 476 g/mol. The maximum Gasteiger partial charge on any atom is 0.227 e. The Bertz CT molecular complexity index is 1400. The predicted molar refractivity (Wildman–Crippen MR) is 141 cm³/mol. The first-order chi connectivity index (χ1) is 17.5. The third kappa shape index (κ3) is 4.96. The number of likely N-dealkylation sites (tertiary alicyclic amines) is 1. The Hall–Kier alpha value is -3.36. The lowest BCUT2D eigenvalue weighted by molar-refractivity contribution is -0.0254. The molecule has 0 aliphatic carbocycles. The second kappa shape index (κ2) is 10.3. The summed E-state index contributed by atoms with van der Waals surface area (Å²) in [6.45, 7) is 2.49. The zero-order valence-electron chi connectivity index (χ0n) is 19.8. The summed E-state index contributed by atoms with van der Waals surface area (Å²) in [5.74, 6) is 1.29. The topological polar surface area (TPSA) is 104 Å². The molecule has 0 atom stereocenters. The zero-order chi connectivity index (χ0) is 25.1. The van der Waals surface area contributed by atoms with E-state index in [9.17, 15) is 10.3 Å². The van der Waals surface area contributed by atoms with Gasteiger partial charge in [-0.15, -0.1) is 0 Å². The Kier molecular flexibility index (Phi) is 6.98. The van der Waals surface area contributed by atoms with E-state index in [-0.39, 0.29) is 5.82 Å². The first-order valence-corrected chi connectivity index (χ1v) is 12.4. The number of piperidine rings is 1. The lowest BCUT2D eigenvalue weighted by Crippen LogP contribution is -2.42. The van der Waals surface area contributed by atoms with Crippen molar-refractivity contribution in [3.05, 3.63) is 93.5 Å². The molecule has 186 valence electrons. The van der Waals surface area contributed by atoms with Gasteiger partial charge in [0.05, 0.1) is 5.60 Å². The fourth-order valence-electron chi connectivity index (χ4n) is 4.87. The van der Waals surface area contributed by atoms with Crippen LogP contribution in [0.5, 0.6) is 11.6 Å². The molecule has 1 saturated heterocycles. The van der Waals surface area contributed by atoms with Crippen LogP contribution in [0.25, 0.3) is 17.5 Å². The summed E-state index contributed by atoms with van der Waals surface area (Å²) in [6, 6.07) is 16.9. The first-order valence-electron chi connectivity index (χ1n) is 12.0. The standard InChI is InChI=1S/C28H29ClN4O3/c29-21-10-8-20(9-11-21)28(34)12-16-33(17-13-28)15-3-4-19-18-24-23(26(30)32-35)5-1-7-25(24)36-27-22(19)6-2-14-31-27/h1-2,4-11,14,18,32,34-35H,3,12-13,15-17,30H2. The van der Waals surface area contributed by atoms with Gasteiger partial charge in [0.25, 0.3) is 0 Å². The summed E-state index contributed by atoms with van der Waals surface area (Å²) in [5, 5.41) is 22.6. The number of hydrogen-bond acceptors (Lipinski definition) is 7. The quantitative estimate of drug-likeness (QED) is 0.396. The summed E-state index contributed by atoms with van der Waals surface area (Å²) in [4.78, 5) is 6.81. The molecule has 0 unspecified atom stereocenters. The van der Waals surface area contributed by atoms with E-state index in [0.29, 0.717) is 34.7 Å². The van der Waals surface area contributed by atoms with E-state index in [1.54, 1.807) is 6.20 Å². The van der Waals surface area contributed by atoms with Gasteiger partial charge in [-0.05, 0) is 66.8 Å². The minimum atomic E-state index is -0.812. The van der Waals surface area contributed by atoms with Crippen molar-refractivity contribution in [3.8, 4) is 11.6 Å². The highest BCUT2D eigenvalue weighted by atomic mass is 35.5. The Balaban J connectivity index is 1.36. The summed E-state index contributed by atoms with van der Waals surface area (Å²) in [7, 11) is 0. The number of aliphatic hydroxyl groups is 1. The number of nitrogens with zero attached hydrogens (tertiary/aromatic N) is 2. The van der Waals surface area contributed by atoms with Crippen LogP contribution in [0.1, 0.15) is 30.4 Å². The average molecular weight is 505 g/mol. The van der Waals surface area contributed by atoms with Crippen LogP contribution < -0.4 is 26.4 Å². The van der Waals surface area contributed by atoms with E-state index in [1.165, 1.54) is 0 Å². The minimum Gasteiger partial charge on any atom is -0.438 e. The van der Waals surface area contributed by atoms with E-state index in [2.05, 4.69) is 16.0 Å². The fraction of sp³-hybridized carbons (Fsp3) is 0.250. The summed E-state index contributed by atoms with van der Waals surface area (Å²) in [6.07, 6.45) is 8.08. The van der Waals surface area contributed by atoms with E-state index < -0.39 is 5.60 Å². The van der Waals surface area contributed by atoms with Crippen molar-refractivity contribution >= 4 is 29.1 Å². The smallest absolute Gasteiger partial charge is 0.227 e. The van der Waals surface area contributed by atoms with Gasteiger partial charge in [-0.3, -0.25) is 10.7 Å². The van der Waals surface area contributed by atoms with Crippen LogP contribution in [0.2, 0.25) is 5.02 Å². The van der Waals surface area contributed by atoms with E-state index in [0.717, 1.165) is 48.0 Å². The van der Waals surface area contributed by atoms with E-state index >= 15 is 0 Å². The fourth-order valence-corrected chi connectivity index (χ4v) is 5.00. The SMILES string of the molecule is NC(NO)=c1cccc2c1=CC(=CCCN1CCC(O)(c3ccc(Cl)cc3)CC1)c1cccnc1O2. The normalized spacial score (nSPS) is 18.8. The molecule has 0 amide bonds. The molecule has 5 rings (SSSR count). The van der Waals surface area contributed by atoms with Gasteiger partial charge in [-0.1, -0.05) is 41.9 Å². The number of halogens is 1. The molecular formula is C28H29ClN4O3. The third-order valence-electron chi connectivity index (χ3n) is 6.94. The summed E-state index contributed by atoms with van der Waals surface area (Å²) in [5.41, 5.74) is 10.0. The summed E-state index contributed by atoms with van der Waals surface area (Å²) < 4.78 is 6.13. The van der Waals surface area contributed by atoms with Crippen LogP contribution in [0, 0.1) is 0 Å². The molecule has 1 fully saturated rings. The molecule has 2 aliphatic heterocycles. The largest absolute Gasteiger partial charge is 0.438 e. The maximum absolute atomic E-state index is 11.2. The number of hydrogen-bond donors (Lipinski definition) is 4. The number of benzene rings is 2. The highest BCUT2D eigenvalue weighted by Crippen LogP contribution is 2.34. The Morgan fingerprint density at radius 1 is 1.14 bits per heavy atom. The highest BCUT2D eigenvalue weighted by molar-refractivity contribution is 6.30. The second-order valence-electron chi connectivity index (χ2n) is 9.17. The van der Waals surface area contributed by atoms with Crippen LogP contribution in [0.15, 0.2) is 66.9 Å². The van der Waals surface area contributed by atoms with Gasteiger partial charge in [0.15, 0.2) is 0 Å². The molecule has 3 heterocycles. The van der Waals surface area contributed by atoms with E-state index in [1.807, 2.05) is 66.2 Å². The minimum absolute atomic E-state index is 0.145.